The summed E-state index contributed by atoms with van der Waals surface area (Å²) in [5.41, 5.74) is 3.82. The van der Waals surface area contributed by atoms with Crippen LogP contribution in [0.4, 0.5) is 0 Å². The van der Waals surface area contributed by atoms with E-state index in [1.165, 1.54) is 12.1 Å². The number of sulfonamides is 1. The molecule has 0 aliphatic rings. The van der Waals surface area contributed by atoms with Crippen LogP contribution in [0.2, 0.25) is 5.02 Å². The maximum absolute atomic E-state index is 11.3. The van der Waals surface area contributed by atoms with Crippen LogP contribution in [-0.2, 0) is 10.0 Å². The van der Waals surface area contributed by atoms with Gasteiger partial charge in [0, 0.05) is 16.8 Å². The van der Waals surface area contributed by atoms with E-state index >= 15 is 0 Å². The topological polar surface area (TPSA) is 76.0 Å². The standard InChI is InChI=1S/C16H13ClN2O2S/c17-13-5-1-11(2-6-13)15-9-10-19-16(15)12-3-7-14(8-4-12)22(18,20)21/h1-10,19H,(H2,18,20,21). The highest BCUT2D eigenvalue weighted by Crippen LogP contribution is 2.32. The molecule has 0 radical (unpaired) electrons. The van der Waals surface area contributed by atoms with Crippen LogP contribution >= 0.6 is 11.6 Å². The SMILES string of the molecule is NS(=O)(=O)c1ccc(-c2[nH]ccc2-c2ccc(Cl)cc2)cc1. The van der Waals surface area contributed by atoms with Crippen LogP contribution in [-0.4, -0.2) is 13.4 Å². The van der Waals surface area contributed by atoms with Crippen molar-refractivity contribution in [2.45, 2.75) is 4.90 Å². The Bertz CT molecular complexity index is 898. The van der Waals surface area contributed by atoms with Crippen molar-refractivity contribution in [2.24, 2.45) is 5.14 Å². The minimum Gasteiger partial charge on any atom is -0.361 e. The Labute approximate surface area is 133 Å². The Morgan fingerprint density at radius 1 is 0.864 bits per heavy atom. The summed E-state index contributed by atoms with van der Waals surface area (Å²) in [5.74, 6) is 0. The molecular formula is C16H13ClN2O2S. The van der Waals surface area contributed by atoms with Crippen LogP contribution in [0, 0.1) is 0 Å². The van der Waals surface area contributed by atoms with Crippen molar-refractivity contribution in [3.63, 3.8) is 0 Å². The Balaban J connectivity index is 2.03. The van der Waals surface area contributed by atoms with Gasteiger partial charge in [0.25, 0.3) is 0 Å². The number of benzene rings is 2. The van der Waals surface area contributed by atoms with E-state index in [4.69, 9.17) is 16.7 Å². The molecule has 3 aromatic rings. The van der Waals surface area contributed by atoms with Crippen molar-refractivity contribution in [3.05, 3.63) is 65.8 Å². The van der Waals surface area contributed by atoms with Gasteiger partial charge in [0.2, 0.25) is 10.0 Å². The first kappa shape index (κ1) is 14.8. The summed E-state index contributed by atoms with van der Waals surface area (Å²) in [6.45, 7) is 0. The molecule has 22 heavy (non-hydrogen) atoms. The second-order valence-electron chi connectivity index (χ2n) is 4.84. The Morgan fingerprint density at radius 2 is 1.45 bits per heavy atom. The molecule has 4 nitrogen and oxygen atoms in total. The fourth-order valence-electron chi connectivity index (χ4n) is 2.29. The highest BCUT2D eigenvalue weighted by molar-refractivity contribution is 7.89. The molecule has 0 spiro atoms. The molecule has 0 atom stereocenters. The Morgan fingerprint density at radius 3 is 2.05 bits per heavy atom. The molecule has 6 heteroatoms. The van der Waals surface area contributed by atoms with Crippen LogP contribution in [0.5, 0.6) is 0 Å². The molecule has 1 heterocycles. The summed E-state index contributed by atoms with van der Waals surface area (Å²) in [7, 11) is -3.68. The smallest absolute Gasteiger partial charge is 0.238 e. The second-order valence-corrected chi connectivity index (χ2v) is 6.84. The summed E-state index contributed by atoms with van der Waals surface area (Å²) in [5, 5.41) is 5.79. The third-order valence-corrected chi connectivity index (χ3v) is 4.55. The number of aromatic amines is 1. The monoisotopic (exact) mass is 332 g/mol. The van der Waals surface area contributed by atoms with Crippen molar-refractivity contribution in [3.8, 4) is 22.4 Å². The van der Waals surface area contributed by atoms with Gasteiger partial charge in [-0.1, -0.05) is 35.9 Å². The van der Waals surface area contributed by atoms with E-state index in [0.717, 1.165) is 22.4 Å². The number of nitrogens with two attached hydrogens (primary N) is 1. The Kier molecular flexibility index (Phi) is 3.78. The average Bonchev–Trinajstić information content (AvgIpc) is 2.97. The van der Waals surface area contributed by atoms with Gasteiger partial charge in [-0.15, -0.1) is 0 Å². The summed E-state index contributed by atoms with van der Waals surface area (Å²) in [6.07, 6.45) is 1.84. The van der Waals surface area contributed by atoms with E-state index in [1.54, 1.807) is 12.1 Å². The number of hydrogen-bond acceptors (Lipinski definition) is 2. The summed E-state index contributed by atoms with van der Waals surface area (Å²) < 4.78 is 22.6. The van der Waals surface area contributed by atoms with Gasteiger partial charge in [-0.05, 0) is 41.5 Å². The minimum absolute atomic E-state index is 0.0934. The number of rotatable bonds is 3. The molecular weight excluding hydrogens is 320 g/mol. The highest BCUT2D eigenvalue weighted by Gasteiger charge is 2.11. The number of H-pyrrole nitrogens is 1. The number of nitrogens with one attached hydrogen (secondary N) is 1. The molecule has 0 saturated heterocycles. The number of hydrogen-bond donors (Lipinski definition) is 2. The minimum atomic E-state index is -3.68. The molecule has 0 amide bonds. The van der Waals surface area contributed by atoms with Crippen molar-refractivity contribution in [1.82, 2.24) is 4.98 Å². The maximum atomic E-state index is 11.3. The van der Waals surface area contributed by atoms with Crippen LogP contribution in [0.25, 0.3) is 22.4 Å². The van der Waals surface area contributed by atoms with Crippen LogP contribution in [0.1, 0.15) is 0 Å². The first-order chi connectivity index (χ1) is 10.4. The van der Waals surface area contributed by atoms with Gasteiger partial charge in [-0.25, -0.2) is 13.6 Å². The largest absolute Gasteiger partial charge is 0.361 e. The molecule has 0 unspecified atom stereocenters. The first-order valence-corrected chi connectivity index (χ1v) is 8.44. The van der Waals surface area contributed by atoms with Crippen molar-refractivity contribution >= 4 is 21.6 Å². The lowest BCUT2D eigenvalue weighted by atomic mass is 10.0. The van der Waals surface area contributed by atoms with Gasteiger partial charge >= 0.3 is 0 Å². The highest BCUT2D eigenvalue weighted by atomic mass is 35.5. The third-order valence-electron chi connectivity index (χ3n) is 3.37. The van der Waals surface area contributed by atoms with Crippen molar-refractivity contribution < 1.29 is 8.42 Å². The molecule has 0 bridgehead atoms. The molecule has 3 rings (SSSR count). The number of halogens is 1. The normalized spacial score (nSPS) is 11.5. The molecule has 112 valence electrons. The predicted octanol–water partition coefficient (Wildman–Crippen LogP) is 3.65. The molecule has 0 aliphatic heterocycles. The van der Waals surface area contributed by atoms with Gasteiger partial charge in [-0.3, -0.25) is 0 Å². The molecule has 1 aromatic heterocycles. The van der Waals surface area contributed by atoms with Crippen LogP contribution in [0.15, 0.2) is 65.7 Å². The second kappa shape index (κ2) is 5.61. The fraction of sp³-hybridized carbons (Fsp3) is 0. The van der Waals surface area contributed by atoms with E-state index in [9.17, 15) is 8.42 Å². The lowest BCUT2D eigenvalue weighted by molar-refractivity contribution is 0.598. The maximum Gasteiger partial charge on any atom is 0.238 e. The lowest BCUT2D eigenvalue weighted by Gasteiger charge is -2.06. The zero-order valence-electron chi connectivity index (χ0n) is 11.5. The van der Waals surface area contributed by atoms with Gasteiger partial charge in [0.05, 0.1) is 10.6 Å². The van der Waals surface area contributed by atoms with E-state index in [2.05, 4.69) is 4.98 Å². The van der Waals surface area contributed by atoms with E-state index in [1.807, 2.05) is 36.5 Å². The van der Waals surface area contributed by atoms with Crippen molar-refractivity contribution in [1.29, 1.82) is 0 Å². The summed E-state index contributed by atoms with van der Waals surface area (Å²) in [6, 6.07) is 16.0. The van der Waals surface area contributed by atoms with Gasteiger partial charge < -0.3 is 4.98 Å². The molecule has 0 fully saturated rings. The summed E-state index contributed by atoms with van der Waals surface area (Å²) in [4.78, 5) is 3.27. The van der Waals surface area contributed by atoms with E-state index in [0.29, 0.717) is 5.02 Å². The number of primary sulfonamides is 1. The predicted molar refractivity (Wildman–Crippen MR) is 88.0 cm³/mol. The fourth-order valence-corrected chi connectivity index (χ4v) is 2.93. The third kappa shape index (κ3) is 2.92. The van der Waals surface area contributed by atoms with Gasteiger partial charge in [0.1, 0.15) is 0 Å². The van der Waals surface area contributed by atoms with E-state index in [-0.39, 0.29) is 4.90 Å². The van der Waals surface area contributed by atoms with Crippen LogP contribution in [0.3, 0.4) is 0 Å². The van der Waals surface area contributed by atoms with E-state index < -0.39 is 10.0 Å². The molecule has 0 aliphatic carbocycles. The lowest BCUT2D eigenvalue weighted by Crippen LogP contribution is -2.11. The average molecular weight is 333 g/mol. The van der Waals surface area contributed by atoms with Crippen molar-refractivity contribution in [2.75, 3.05) is 0 Å². The molecule has 0 saturated carbocycles. The van der Waals surface area contributed by atoms with Gasteiger partial charge in [0.15, 0.2) is 0 Å². The summed E-state index contributed by atoms with van der Waals surface area (Å²) >= 11 is 5.91. The molecule has 2 aromatic carbocycles. The first-order valence-electron chi connectivity index (χ1n) is 6.52. The number of aromatic nitrogens is 1. The zero-order chi connectivity index (χ0) is 15.7. The van der Waals surface area contributed by atoms with Gasteiger partial charge in [-0.2, -0.15) is 0 Å². The quantitative estimate of drug-likeness (QED) is 0.768. The zero-order valence-corrected chi connectivity index (χ0v) is 13.0. The Hall–Kier alpha value is -2.08. The van der Waals surface area contributed by atoms with Crippen LogP contribution < -0.4 is 5.14 Å². The molecule has 3 N–H and O–H groups in total.